The molecule has 0 bridgehead atoms. The summed E-state index contributed by atoms with van der Waals surface area (Å²) in [5, 5.41) is 3.12. The average molecular weight is 537 g/mol. The van der Waals surface area contributed by atoms with Crippen molar-refractivity contribution in [2.45, 2.75) is 63.5 Å². The lowest BCUT2D eigenvalue weighted by atomic mass is 9.83. The first-order valence-corrected chi connectivity index (χ1v) is 14.4. The van der Waals surface area contributed by atoms with E-state index in [1.807, 2.05) is 44.2 Å². The number of carbonyl (C=O) groups excluding carboxylic acids is 1. The molecule has 1 amide bonds. The molecule has 1 unspecified atom stereocenters. The van der Waals surface area contributed by atoms with Gasteiger partial charge in [-0.15, -0.1) is 0 Å². The monoisotopic (exact) mass is 536 g/mol. The van der Waals surface area contributed by atoms with Crippen LogP contribution < -0.4 is 19.1 Å². The Balaban J connectivity index is 1.71. The molecule has 4 rings (SSSR count). The summed E-state index contributed by atoms with van der Waals surface area (Å²) in [5.74, 6) is 0.704. The molecule has 0 saturated carbocycles. The van der Waals surface area contributed by atoms with Crippen molar-refractivity contribution in [3.8, 4) is 11.5 Å². The minimum Gasteiger partial charge on any atom is -0.495 e. The Morgan fingerprint density at radius 3 is 2.34 bits per heavy atom. The summed E-state index contributed by atoms with van der Waals surface area (Å²) in [6, 6.07) is 19.3. The SMILES string of the molecule is CCC1(CC)CC(NC(=O)CN(c2cc(C)ccc2OC)S(=O)(=O)c2ccc(C)cc2)c2ccccc2O1. The molecule has 1 aliphatic heterocycles. The van der Waals surface area contributed by atoms with E-state index in [2.05, 4.69) is 19.2 Å². The largest absolute Gasteiger partial charge is 0.495 e. The number of fused-ring (bicyclic) bond motifs is 1. The maximum atomic E-state index is 13.9. The molecule has 0 saturated heterocycles. The Labute approximate surface area is 225 Å². The van der Waals surface area contributed by atoms with Gasteiger partial charge in [-0.05, 0) is 62.6 Å². The third-order valence-electron chi connectivity index (χ3n) is 7.32. The second-order valence-corrected chi connectivity index (χ2v) is 11.7. The number of sulfonamides is 1. The highest BCUT2D eigenvalue weighted by molar-refractivity contribution is 7.92. The van der Waals surface area contributed by atoms with Gasteiger partial charge >= 0.3 is 0 Å². The molecule has 0 radical (unpaired) electrons. The molecule has 3 aromatic carbocycles. The standard InChI is InChI=1S/C30H36N2O5S/c1-6-30(7-2)19-25(24-10-8-9-11-27(24)37-30)31-29(33)20-32(26-18-22(4)14-17-28(26)36-5)38(34,35)23-15-12-21(3)13-16-23/h8-18,25H,6-7,19-20H2,1-5H3,(H,31,33). The Kier molecular flexibility index (Phi) is 8.02. The van der Waals surface area contributed by atoms with Gasteiger partial charge in [-0.2, -0.15) is 0 Å². The minimum absolute atomic E-state index is 0.104. The van der Waals surface area contributed by atoms with Crippen molar-refractivity contribution in [1.82, 2.24) is 5.32 Å². The molecule has 0 aliphatic carbocycles. The molecule has 8 heteroatoms. The van der Waals surface area contributed by atoms with Gasteiger partial charge in [0.15, 0.2) is 0 Å². The van der Waals surface area contributed by atoms with E-state index in [0.717, 1.165) is 39.6 Å². The van der Waals surface area contributed by atoms with Gasteiger partial charge in [0.05, 0.1) is 23.7 Å². The van der Waals surface area contributed by atoms with Crippen LogP contribution in [-0.2, 0) is 14.8 Å². The Hall–Kier alpha value is -3.52. The lowest BCUT2D eigenvalue weighted by Gasteiger charge is -2.41. The highest BCUT2D eigenvalue weighted by Gasteiger charge is 2.39. The van der Waals surface area contributed by atoms with E-state index in [9.17, 15) is 13.2 Å². The number of carbonyl (C=O) groups is 1. The van der Waals surface area contributed by atoms with E-state index in [4.69, 9.17) is 9.47 Å². The molecule has 1 aliphatic rings. The predicted octanol–water partition coefficient (Wildman–Crippen LogP) is 5.71. The lowest BCUT2D eigenvalue weighted by molar-refractivity contribution is -0.121. The molecule has 3 aromatic rings. The van der Waals surface area contributed by atoms with Crippen molar-refractivity contribution >= 4 is 21.6 Å². The van der Waals surface area contributed by atoms with Crippen molar-refractivity contribution in [3.05, 3.63) is 83.4 Å². The second kappa shape index (κ2) is 11.1. The van der Waals surface area contributed by atoms with Crippen molar-refractivity contribution in [2.24, 2.45) is 0 Å². The van der Waals surface area contributed by atoms with E-state index < -0.39 is 28.1 Å². The fourth-order valence-corrected chi connectivity index (χ4v) is 6.36. The van der Waals surface area contributed by atoms with E-state index in [1.165, 1.54) is 7.11 Å². The number of aryl methyl sites for hydroxylation is 2. The predicted molar refractivity (Wildman–Crippen MR) is 149 cm³/mol. The number of benzene rings is 3. The number of hydrogen-bond donors (Lipinski definition) is 1. The number of nitrogens with zero attached hydrogens (tertiary/aromatic N) is 1. The number of rotatable bonds is 9. The van der Waals surface area contributed by atoms with E-state index in [1.54, 1.807) is 36.4 Å². The first-order valence-electron chi connectivity index (χ1n) is 12.9. The van der Waals surface area contributed by atoms with Gasteiger partial charge in [-0.1, -0.05) is 55.8 Å². The number of nitrogens with one attached hydrogen (secondary N) is 1. The highest BCUT2D eigenvalue weighted by atomic mass is 32.2. The van der Waals surface area contributed by atoms with E-state index in [-0.39, 0.29) is 10.9 Å². The van der Waals surface area contributed by atoms with Gasteiger partial charge in [0.2, 0.25) is 5.91 Å². The number of ether oxygens (including phenoxy) is 2. The van der Waals surface area contributed by atoms with Gasteiger partial charge in [0.1, 0.15) is 23.6 Å². The van der Waals surface area contributed by atoms with Gasteiger partial charge in [0, 0.05) is 12.0 Å². The third-order valence-corrected chi connectivity index (χ3v) is 9.09. The summed E-state index contributed by atoms with van der Waals surface area (Å²) >= 11 is 0. The molecule has 38 heavy (non-hydrogen) atoms. The third kappa shape index (κ3) is 5.50. The smallest absolute Gasteiger partial charge is 0.264 e. The Morgan fingerprint density at radius 2 is 1.68 bits per heavy atom. The maximum Gasteiger partial charge on any atom is 0.264 e. The molecular formula is C30H36N2O5S. The van der Waals surface area contributed by atoms with Gasteiger partial charge in [0.25, 0.3) is 10.0 Å². The summed E-state index contributed by atoms with van der Waals surface area (Å²) < 4.78 is 40.9. The molecule has 0 aromatic heterocycles. The van der Waals surface area contributed by atoms with E-state index >= 15 is 0 Å². The maximum absolute atomic E-state index is 13.9. The minimum atomic E-state index is -4.08. The van der Waals surface area contributed by atoms with Crippen LogP contribution in [0.4, 0.5) is 5.69 Å². The number of para-hydroxylation sites is 1. The second-order valence-electron chi connectivity index (χ2n) is 9.85. The van der Waals surface area contributed by atoms with Crippen molar-refractivity contribution in [2.75, 3.05) is 18.0 Å². The summed E-state index contributed by atoms with van der Waals surface area (Å²) in [6.07, 6.45) is 2.18. The Morgan fingerprint density at radius 1 is 1.03 bits per heavy atom. The van der Waals surface area contributed by atoms with Crippen LogP contribution in [0, 0.1) is 13.8 Å². The van der Waals surface area contributed by atoms with Gasteiger partial charge in [-0.25, -0.2) is 8.42 Å². The summed E-state index contributed by atoms with van der Waals surface area (Å²) in [7, 11) is -2.60. The molecule has 7 nitrogen and oxygen atoms in total. The van der Waals surface area contributed by atoms with Gasteiger partial charge < -0.3 is 14.8 Å². The summed E-state index contributed by atoms with van der Waals surface area (Å²) in [5.41, 5.74) is 2.58. The number of amides is 1. The van der Waals surface area contributed by atoms with Crippen LogP contribution in [0.3, 0.4) is 0 Å². The van der Waals surface area contributed by atoms with Gasteiger partial charge in [-0.3, -0.25) is 9.10 Å². The van der Waals surface area contributed by atoms with Crippen LogP contribution in [0.15, 0.2) is 71.6 Å². The number of hydrogen-bond acceptors (Lipinski definition) is 5. The zero-order chi connectivity index (χ0) is 27.5. The lowest BCUT2D eigenvalue weighted by Crippen LogP contribution is -2.47. The average Bonchev–Trinajstić information content (AvgIpc) is 2.91. The van der Waals surface area contributed by atoms with Crippen molar-refractivity contribution in [3.63, 3.8) is 0 Å². The molecule has 0 fully saturated rings. The van der Waals surface area contributed by atoms with Crippen molar-refractivity contribution < 1.29 is 22.7 Å². The van der Waals surface area contributed by atoms with Crippen LogP contribution >= 0.6 is 0 Å². The number of methoxy groups -OCH3 is 1. The molecular weight excluding hydrogens is 500 g/mol. The first kappa shape index (κ1) is 27.5. The first-order chi connectivity index (χ1) is 18.1. The normalized spacial score (nSPS) is 16.2. The molecule has 202 valence electrons. The number of anilines is 1. The molecule has 1 atom stereocenters. The van der Waals surface area contributed by atoms with Crippen LogP contribution in [0.2, 0.25) is 0 Å². The summed E-state index contributed by atoms with van der Waals surface area (Å²) in [4.78, 5) is 13.7. The zero-order valence-electron chi connectivity index (χ0n) is 22.7. The van der Waals surface area contributed by atoms with Crippen LogP contribution in [0.1, 0.15) is 55.8 Å². The topological polar surface area (TPSA) is 84.9 Å². The zero-order valence-corrected chi connectivity index (χ0v) is 23.5. The fourth-order valence-electron chi connectivity index (χ4n) is 4.93. The van der Waals surface area contributed by atoms with E-state index in [0.29, 0.717) is 17.9 Å². The highest BCUT2D eigenvalue weighted by Crippen LogP contribution is 2.42. The van der Waals surface area contributed by atoms with Crippen LogP contribution in [0.5, 0.6) is 11.5 Å². The van der Waals surface area contributed by atoms with Crippen LogP contribution in [0.25, 0.3) is 0 Å². The van der Waals surface area contributed by atoms with Crippen molar-refractivity contribution in [1.29, 1.82) is 0 Å². The Bertz CT molecular complexity index is 1400. The molecule has 1 N–H and O–H groups in total. The fraction of sp³-hybridized carbons (Fsp3) is 0.367. The van der Waals surface area contributed by atoms with Crippen LogP contribution in [-0.4, -0.2) is 33.6 Å². The molecule has 0 spiro atoms. The molecule has 1 heterocycles. The quantitative estimate of drug-likeness (QED) is 0.379. The summed E-state index contributed by atoms with van der Waals surface area (Å²) in [6.45, 7) is 7.52.